The molecule has 2 amide bonds. The number of halogens is 1. The number of nitrogens with zero attached hydrogens (tertiary/aromatic N) is 2. The average Bonchev–Trinajstić information content (AvgIpc) is 2.82. The Kier molecular flexibility index (Phi) is 11.2. The Balaban J connectivity index is 2.15. The van der Waals surface area contributed by atoms with Crippen molar-refractivity contribution in [2.24, 2.45) is 5.92 Å². The van der Waals surface area contributed by atoms with Crippen molar-refractivity contribution >= 4 is 43.5 Å². The fourth-order valence-electron chi connectivity index (χ4n) is 3.62. The average molecular weight is 583 g/mol. The van der Waals surface area contributed by atoms with E-state index in [1.54, 1.807) is 43.2 Å². The molecule has 10 heteroatoms. The van der Waals surface area contributed by atoms with E-state index in [0.717, 1.165) is 16.3 Å². The van der Waals surface area contributed by atoms with Crippen LogP contribution in [-0.4, -0.2) is 57.6 Å². The molecule has 0 aliphatic rings. The second-order valence-electron chi connectivity index (χ2n) is 9.10. The van der Waals surface area contributed by atoms with Gasteiger partial charge in [-0.25, -0.2) is 8.42 Å². The van der Waals surface area contributed by atoms with Crippen molar-refractivity contribution < 1.29 is 22.7 Å². The number of anilines is 1. The van der Waals surface area contributed by atoms with Gasteiger partial charge >= 0.3 is 0 Å². The Morgan fingerprint density at radius 2 is 1.75 bits per heavy atom. The molecule has 198 valence electrons. The zero-order chi connectivity index (χ0) is 26.9. The standard InChI is InChI=1S/C26H36BrN3O5S/c1-19(2)17-28-26(32)20(3)29(18-21-8-6-9-22(27)16-21)25(31)10-7-15-30(36(5,33)34)23-11-13-24(35-4)14-12-23/h6,8-9,11-14,16,19-20H,7,10,15,17-18H2,1-5H3,(H,28,32). The van der Waals surface area contributed by atoms with Crippen LogP contribution in [0.5, 0.6) is 5.75 Å². The van der Waals surface area contributed by atoms with Crippen molar-refractivity contribution in [2.45, 2.75) is 46.2 Å². The SMILES string of the molecule is COc1ccc(N(CCCC(=O)N(Cc2cccc(Br)c2)C(C)C(=O)NCC(C)C)S(C)(=O)=O)cc1. The zero-order valence-electron chi connectivity index (χ0n) is 21.5. The fraction of sp³-hybridized carbons (Fsp3) is 0.462. The van der Waals surface area contributed by atoms with Crippen molar-refractivity contribution in [1.82, 2.24) is 10.2 Å². The number of ether oxygens (including phenoxy) is 1. The summed E-state index contributed by atoms with van der Waals surface area (Å²) in [6.07, 6.45) is 1.53. The van der Waals surface area contributed by atoms with Crippen LogP contribution in [0.2, 0.25) is 0 Å². The molecule has 0 radical (unpaired) electrons. The Bertz CT molecular complexity index is 1120. The molecule has 0 saturated heterocycles. The summed E-state index contributed by atoms with van der Waals surface area (Å²) in [7, 11) is -2.02. The third-order valence-corrected chi connectivity index (χ3v) is 7.29. The molecule has 8 nitrogen and oxygen atoms in total. The molecule has 1 N–H and O–H groups in total. The molecule has 2 aromatic carbocycles. The van der Waals surface area contributed by atoms with Gasteiger partial charge in [-0.1, -0.05) is 41.9 Å². The Morgan fingerprint density at radius 1 is 1.08 bits per heavy atom. The smallest absolute Gasteiger partial charge is 0.242 e. The van der Waals surface area contributed by atoms with Crippen LogP contribution in [0.4, 0.5) is 5.69 Å². The Morgan fingerprint density at radius 3 is 2.31 bits per heavy atom. The van der Waals surface area contributed by atoms with Crippen LogP contribution in [0, 0.1) is 5.92 Å². The minimum Gasteiger partial charge on any atom is -0.497 e. The lowest BCUT2D eigenvalue weighted by Crippen LogP contribution is -2.48. The van der Waals surface area contributed by atoms with Gasteiger partial charge in [0.15, 0.2) is 0 Å². The highest BCUT2D eigenvalue weighted by molar-refractivity contribution is 9.10. The predicted octanol–water partition coefficient (Wildman–Crippen LogP) is 4.19. The van der Waals surface area contributed by atoms with Crippen molar-refractivity contribution in [3.63, 3.8) is 0 Å². The number of rotatable bonds is 13. The van der Waals surface area contributed by atoms with E-state index in [2.05, 4.69) is 21.2 Å². The van der Waals surface area contributed by atoms with E-state index in [0.29, 0.717) is 24.4 Å². The molecule has 0 aromatic heterocycles. The minimum atomic E-state index is -3.56. The van der Waals surface area contributed by atoms with E-state index >= 15 is 0 Å². The van der Waals surface area contributed by atoms with Gasteiger partial charge in [-0.2, -0.15) is 0 Å². The monoisotopic (exact) mass is 581 g/mol. The molecular formula is C26H36BrN3O5S. The van der Waals surface area contributed by atoms with E-state index in [1.807, 2.05) is 38.1 Å². The first-order valence-corrected chi connectivity index (χ1v) is 14.5. The Hall–Kier alpha value is -2.59. The summed E-state index contributed by atoms with van der Waals surface area (Å²) < 4.78 is 32.2. The number of hydrogen-bond donors (Lipinski definition) is 1. The number of carbonyl (C=O) groups excluding carboxylic acids is 2. The number of amides is 2. The molecule has 0 fully saturated rings. The maximum absolute atomic E-state index is 13.3. The van der Waals surface area contributed by atoms with Crippen LogP contribution in [-0.2, 0) is 26.2 Å². The maximum atomic E-state index is 13.3. The van der Waals surface area contributed by atoms with Crippen molar-refractivity contribution in [3.8, 4) is 5.75 Å². The summed E-state index contributed by atoms with van der Waals surface area (Å²) in [6, 6.07) is 13.6. The quantitative estimate of drug-likeness (QED) is 0.382. The molecular weight excluding hydrogens is 546 g/mol. The predicted molar refractivity (Wildman–Crippen MR) is 146 cm³/mol. The highest BCUT2D eigenvalue weighted by atomic mass is 79.9. The summed E-state index contributed by atoms with van der Waals surface area (Å²) in [4.78, 5) is 27.7. The van der Waals surface area contributed by atoms with Crippen LogP contribution >= 0.6 is 15.9 Å². The topological polar surface area (TPSA) is 96.0 Å². The third kappa shape index (κ3) is 9.13. The first kappa shape index (κ1) is 29.6. The lowest BCUT2D eigenvalue weighted by Gasteiger charge is -2.29. The van der Waals surface area contributed by atoms with Crippen LogP contribution in [0.25, 0.3) is 0 Å². The maximum Gasteiger partial charge on any atom is 0.242 e. The van der Waals surface area contributed by atoms with Crippen LogP contribution in [0.1, 0.15) is 39.2 Å². The van der Waals surface area contributed by atoms with Crippen LogP contribution < -0.4 is 14.4 Å². The number of sulfonamides is 1. The van der Waals surface area contributed by atoms with Gasteiger partial charge in [0.2, 0.25) is 21.8 Å². The first-order chi connectivity index (χ1) is 16.9. The van der Waals surface area contributed by atoms with Crippen LogP contribution in [0.15, 0.2) is 53.0 Å². The van der Waals surface area contributed by atoms with Gasteiger partial charge in [-0.3, -0.25) is 13.9 Å². The van der Waals surface area contributed by atoms with Gasteiger partial charge in [0.05, 0.1) is 19.1 Å². The first-order valence-electron chi connectivity index (χ1n) is 11.9. The zero-order valence-corrected chi connectivity index (χ0v) is 23.9. The molecule has 0 heterocycles. The normalized spacial score (nSPS) is 12.2. The van der Waals surface area contributed by atoms with Crippen molar-refractivity contribution in [2.75, 3.05) is 30.8 Å². The summed E-state index contributed by atoms with van der Waals surface area (Å²) in [5, 5.41) is 2.90. The van der Waals surface area contributed by atoms with Crippen molar-refractivity contribution in [3.05, 3.63) is 58.6 Å². The van der Waals surface area contributed by atoms with E-state index in [4.69, 9.17) is 4.74 Å². The highest BCUT2D eigenvalue weighted by Gasteiger charge is 2.26. The van der Waals surface area contributed by atoms with E-state index in [9.17, 15) is 18.0 Å². The van der Waals surface area contributed by atoms with Crippen molar-refractivity contribution in [1.29, 1.82) is 0 Å². The molecule has 1 unspecified atom stereocenters. The molecule has 0 saturated carbocycles. The summed E-state index contributed by atoms with van der Waals surface area (Å²) >= 11 is 3.45. The molecule has 36 heavy (non-hydrogen) atoms. The molecule has 0 bridgehead atoms. The van der Waals surface area contributed by atoms with E-state index in [1.165, 1.54) is 4.31 Å². The van der Waals surface area contributed by atoms with Gasteiger partial charge in [-0.15, -0.1) is 0 Å². The molecule has 0 aliphatic carbocycles. The number of nitrogens with one attached hydrogen (secondary N) is 1. The summed E-state index contributed by atoms with van der Waals surface area (Å²) in [5.41, 5.74) is 1.38. The number of methoxy groups -OCH3 is 1. The molecule has 2 aromatic rings. The van der Waals surface area contributed by atoms with Gasteiger partial charge in [0.1, 0.15) is 11.8 Å². The minimum absolute atomic E-state index is 0.0952. The highest BCUT2D eigenvalue weighted by Crippen LogP contribution is 2.22. The summed E-state index contributed by atoms with van der Waals surface area (Å²) in [6.45, 7) is 6.65. The number of hydrogen-bond acceptors (Lipinski definition) is 5. The van der Waals surface area contributed by atoms with E-state index in [-0.39, 0.29) is 37.2 Å². The largest absolute Gasteiger partial charge is 0.497 e. The second kappa shape index (κ2) is 13.6. The molecule has 0 aliphatic heterocycles. The second-order valence-corrected chi connectivity index (χ2v) is 11.9. The lowest BCUT2D eigenvalue weighted by molar-refractivity contribution is -0.140. The molecule has 0 spiro atoms. The van der Waals surface area contributed by atoms with Gasteiger partial charge < -0.3 is 15.0 Å². The lowest BCUT2D eigenvalue weighted by atomic mass is 10.1. The molecule has 2 rings (SSSR count). The number of benzene rings is 2. The van der Waals surface area contributed by atoms with Gasteiger partial charge in [-0.05, 0) is 61.2 Å². The number of carbonyl (C=O) groups is 2. The molecule has 1 atom stereocenters. The summed E-state index contributed by atoms with van der Waals surface area (Å²) in [5.74, 6) is 0.471. The van der Waals surface area contributed by atoms with Gasteiger partial charge in [0.25, 0.3) is 0 Å². The fourth-order valence-corrected chi connectivity index (χ4v) is 5.03. The van der Waals surface area contributed by atoms with E-state index < -0.39 is 16.1 Å². The van der Waals surface area contributed by atoms with Gasteiger partial charge in [0, 0.05) is 30.5 Å². The van der Waals surface area contributed by atoms with Crippen LogP contribution in [0.3, 0.4) is 0 Å². The Labute approximate surface area is 223 Å². The third-order valence-electron chi connectivity index (χ3n) is 5.61.